The molecule has 0 radical (unpaired) electrons. The van der Waals surface area contributed by atoms with E-state index < -0.39 is 0 Å². The number of aromatic nitrogens is 2. The molecular formula is C15H17ClN2O2. The van der Waals surface area contributed by atoms with Gasteiger partial charge in [0.15, 0.2) is 0 Å². The van der Waals surface area contributed by atoms with Crippen LogP contribution in [0.1, 0.15) is 17.0 Å². The van der Waals surface area contributed by atoms with Crippen LogP contribution in [0, 0.1) is 13.8 Å². The summed E-state index contributed by atoms with van der Waals surface area (Å²) in [6.45, 7) is 4.33. The van der Waals surface area contributed by atoms with Gasteiger partial charge in [-0.2, -0.15) is 4.98 Å². The number of aryl methyl sites for hydroxylation is 1. The van der Waals surface area contributed by atoms with E-state index in [1.165, 1.54) is 5.56 Å². The van der Waals surface area contributed by atoms with Crippen molar-refractivity contribution in [2.24, 2.45) is 0 Å². The number of benzene rings is 1. The van der Waals surface area contributed by atoms with Crippen molar-refractivity contribution in [1.29, 1.82) is 0 Å². The number of rotatable bonds is 5. The van der Waals surface area contributed by atoms with E-state index in [1.54, 1.807) is 14.0 Å². The fourth-order valence-electron chi connectivity index (χ4n) is 1.73. The Labute approximate surface area is 123 Å². The van der Waals surface area contributed by atoms with Crippen LogP contribution < -0.4 is 4.74 Å². The maximum atomic E-state index is 6.02. The smallest absolute Gasteiger partial charge is 0.226 e. The maximum Gasteiger partial charge on any atom is 0.226 e. The summed E-state index contributed by atoms with van der Waals surface area (Å²) in [5.74, 6) is 1.81. The third kappa shape index (κ3) is 3.68. The van der Waals surface area contributed by atoms with E-state index in [0.717, 1.165) is 17.7 Å². The van der Waals surface area contributed by atoms with Crippen LogP contribution in [0.3, 0.4) is 0 Å². The Morgan fingerprint density at radius 3 is 2.45 bits per heavy atom. The summed E-state index contributed by atoms with van der Waals surface area (Å²) >= 11 is 6.02. The molecular weight excluding hydrogens is 276 g/mol. The van der Waals surface area contributed by atoms with Crippen LogP contribution in [-0.4, -0.2) is 23.7 Å². The molecule has 0 atom stereocenters. The van der Waals surface area contributed by atoms with Gasteiger partial charge in [-0.25, -0.2) is 4.98 Å². The zero-order valence-electron chi connectivity index (χ0n) is 11.8. The molecule has 4 nitrogen and oxygen atoms in total. The zero-order valence-corrected chi connectivity index (χ0v) is 12.6. The molecule has 1 aromatic heterocycles. The number of hydrogen-bond donors (Lipinski definition) is 0. The van der Waals surface area contributed by atoms with Gasteiger partial charge in [0.2, 0.25) is 5.88 Å². The highest BCUT2D eigenvalue weighted by molar-refractivity contribution is 6.30. The molecule has 0 aliphatic heterocycles. The summed E-state index contributed by atoms with van der Waals surface area (Å²) in [6.07, 6.45) is 0.883. The van der Waals surface area contributed by atoms with Crippen molar-refractivity contribution in [2.45, 2.75) is 20.3 Å². The largest absolute Gasteiger partial charge is 0.439 e. The second-order valence-corrected chi connectivity index (χ2v) is 4.84. The Morgan fingerprint density at radius 1 is 1.10 bits per heavy atom. The van der Waals surface area contributed by atoms with E-state index in [9.17, 15) is 0 Å². The fourth-order valence-corrected chi connectivity index (χ4v) is 1.93. The lowest BCUT2D eigenvalue weighted by Crippen LogP contribution is -1.98. The molecule has 0 N–H and O–H groups in total. The van der Waals surface area contributed by atoms with Crippen LogP contribution in [-0.2, 0) is 11.2 Å². The number of halogens is 1. The first-order valence-corrected chi connectivity index (χ1v) is 6.74. The second-order valence-electron chi connectivity index (χ2n) is 4.48. The molecule has 20 heavy (non-hydrogen) atoms. The molecule has 0 saturated carbocycles. The number of ether oxygens (including phenoxy) is 2. The predicted octanol–water partition coefficient (Wildman–Crippen LogP) is 3.73. The first-order chi connectivity index (χ1) is 9.60. The first kappa shape index (κ1) is 14.8. The normalized spacial score (nSPS) is 10.6. The van der Waals surface area contributed by atoms with Gasteiger partial charge in [-0.3, -0.25) is 0 Å². The van der Waals surface area contributed by atoms with Gasteiger partial charge in [0.05, 0.1) is 6.61 Å². The van der Waals surface area contributed by atoms with Gasteiger partial charge >= 0.3 is 0 Å². The minimum atomic E-state index is 0.421. The van der Waals surface area contributed by atoms with Crippen LogP contribution in [0.15, 0.2) is 24.3 Å². The monoisotopic (exact) mass is 292 g/mol. The average molecular weight is 293 g/mol. The molecule has 1 heterocycles. The van der Waals surface area contributed by atoms with Crippen LogP contribution in [0.4, 0.5) is 0 Å². The van der Waals surface area contributed by atoms with Crippen molar-refractivity contribution < 1.29 is 9.47 Å². The first-order valence-electron chi connectivity index (χ1n) is 6.36. The lowest BCUT2D eigenvalue weighted by Gasteiger charge is -2.09. The molecule has 2 rings (SSSR count). The summed E-state index contributed by atoms with van der Waals surface area (Å²) in [4.78, 5) is 8.35. The SMILES string of the molecule is COCCc1ccc(Oc2nc(C)nc(Cl)c2C)cc1. The highest BCUT2D eigenvalue weighted by Gasteiger charge is 2.09. The third-order valence-electron chi connectivity index (χ3n) is 2.89. The second kappa shape index (κ2) is 6.68. The van der Waals surface area contributed by atoms with Gasteiger partial charge in [-0.05, 0) is 38.0 Å². The lowest BCUT2D eigenvalue weighted by molar-refractivity contribution is 0.202. The Hall–Kier alpha value is -1.65. The minimum Gasteiger partial charge on any atom is -0.439 e. The summed E-state index contributed by atoms with van der Waals surface area (Å²) < 4.78 is 10.8. The molecule has 106 valence electrons. The molecule has 5 heteroatoms. The Bertz CT molecular complexity index is 585. The van der Waals surface area contributed by atoms with Gasteiger partial charge < -0.3 is 9.47 Å². The van der Waals surface area contributed by atoms with E-state index in [2.05, 4.69) is 9.97 Å². The summed E-state index contributed by atoms with van der Waals surface area (Å²) in [5.41, 5.74) is 1.94. The maximum absolute atomic E-state index is 6.02. The molecule has 0 spiro atoms. The molecule has 2 aromatic rings. The molecule has 0 saturated heterocycles. The summed E-state index contributed by atoms with van der Waals surface area (Å²) in [5, 5.41) is 0.421. The van der Waals surface area contributed by atoms with Gasteiger partial charge in [-0.15, -0.1) is 0 Å². The average Bonchev–Trinajstić information content (AvgIpc) is 2.43. The molecule has 0 unspecified atom stereocenters. The van der Waals surface area contributed by atoms with E-state index in [-0.39, 0.29) is 0 Å². The molecule has 0 amide bonds. The lowest BCUT2D eigenvalue weighted by atomic mass is 10.1. The Kier molecular flexibility index (Phi) is 4.93. The Morgan fingerprint density at radius 2 is 1.80 bits per heavy atom. The van der Waals surface area contributed by atoms with Gasteiger partial charge in [0.25, 0.3) is 0 Å². The van der Waals surface area contributed by atoms with Gasteiger partial charge in [0, 0.05) is 12.7 Å². The van der Waals surface area contributed by atoms with Gasteiger partial charge in [0.1, 0.15) is 16.7 Å². The molecule has 0 bridgehead atoms. The highest BCUT2D eigenvalue weighted by Crippen LogP contribution is 2.27. The van der Waals surface area contributed by atoms with Crippen LogP contribution in [0.2, 0.25) is 5.15 Å². The molecule has 0 aliphatic carbocycles. The number of hydrogen-bond acceptors (Lipinski definition) is 4. The van der Waals surface area contributed by atoms with Crippen molar-refractivity contribution in [3.8, 4) is 11.6 Å². The highest BCUT2D eigenvalue weighted by atomic mass is 35.5. The molecule has 1 aromatic carbocycles. The van der Waals surface area contributed by atoms with E-state index in [4.69, 9.17) is 21.1 Å². The van der Waals surface area contributed by atoms with E-state index >= 15 is 0 Å². The van der Waals surface area contributed by atoms with Crippen molar-refractivity contribution in [3.63, 3.8) is 0 Å². The topological polar surface area (TPSA) is 44.2 Å². The Balaban J connectivity index is 2.14. The summed E-state index contributed by atoms with van der Waals surface area (Å²) in [7, 11) is 1.70. The third-order valence-corrected chi connectivity index (χ3v) is 3.25. The minimum absolute atomic E-state index is 0.421. The molecule has 0 fully saturated rings. The quantitative estimate of drug-likeness (QED) is 0.788. The number of nitrogens with zero attached hydrogens (tertiary/aromatic N) is 2. The van der Waals surface area contributed by atoms with E-state index in [0.29, 0.717) is 23.5 Å². The zero-order chi connectivity index (χ0) is 14.5. The van der Waals surface area contributed by atoms with E-state index in [1.807, 2.05) is 31.2 Å². The van der Waals surface area contributed by atoms with Crippen molar-refractivity contribution in [3.05, 3.63) is 46.4 Å². The van der Waals surface area contributed by atoms with Crippen molar-refractivity contribution >= 4 is 11.6 Å². The fraction of sp³-hybridized carbons (Fsp3) is 0.333. The van der Waals surface area contributed by atoms with Crippen molar-refractivity contribution in [1.82, 2.24) is 9.97 Å². The van der Waals surface area contributed by atoms with Gasteiger partial charge in [-0.1, -0.05) is 23.7 Å². The van der Waals surface area contributed by atoms with Crippen molar-refractivity contribution in [2.75, 3.05) is 13.7 Å². The van der Waals surface area contributed by atoms with Crippen LogP contribution >= 0.6 is 11.6 Å². The number of methoxy groups -OCH3 is 1. The predicted molar refractivity (Wildman–Crippen MR) is 78.6 cm³/mol. The molecule has 0 aliphatic rings. The van der Waals surface area contributed by atoms with Crippen LogP contribution in [0.5, 0.6) is 11.6 Å². The standard InChI is InChI=1S/C15H17ClN2O2/c1-10-14(16)17-11(2)18-15(10)20-13-6-4-12(5-7-13)8-9-19-3/h4-7H,8-9H2,1-3H3. The van der Waals surface area contributed by atoms with Crippen LogP contribution in [0.25, 0.3) is 0 Å². The summed E-state index contributed by atoms with van der Waals surface area (Å²) in [6, 6.07) is 7.85.